The lowest BCUT2D eigenvalue weighted by Gasteiger charge is -2.14. The summed E-state index contributed by atoms with van der Waals surface area (Å²) in [5, 5.41) is 2.97. The summed E-state index contributed by atoms with van der Waals surface area (Å²) in [6, 6.07) is 14.4. The van der Waals surface area contributed by atoms with Gasteiger partial charge in [-0.1, -0.05) is 50.2 Å². The Morgan fingerprint density at radius 3 is 2.46 bits per heavy atom. The summed E-state index contributed by atoms with van der Waals surface area (Å²) >= 11 is 0. The van der Waals surface area contributed by atoms with E-state index in [2.05, 4.69) is 51.5 Å². The van der Waals surface area contributed by atoms with Gasteiger partial charge in [0, 0.05) is 12.1 Å². The molecule has 4 nitrogen and oxygen atoms in total. The third-order valence-corrected chi connectivity index (χ3v) is 4.38. The van der Waals surface area contributed by atoms with Crippen LogP contribution < -0.4 is 15.0 Å². The Morgan fingerprint density at radius 1 is 1.12 bits per heavy atom. The third kappa shape index (κ3) is 5.88. The molecule has 2 aromatic rings. The monoisotopic (exact) mass is 355 g/mol. The lowest BCUT2D eigenvalue weighted by atomic mass is 10.0. The van der Waals surface area contributed by atoms with Crippen LogP contribution in [-0.2, 0) is 17.9 Å². The number of nitrogens with one attached hydrogen (secondary N) is 2. The van der Waals surface area contributed by atoms with Crippen molar-refractivity contribution in [3.63, 3.8) is 0 Å². The maximum atomic E-state index is 12.2. The van der Waals surface area contributed by atoms with Crippen molar-refractivity contribution in [1.29, 1.82) is 0 Å². The van der Waals surface area contributed by atoms with Crippen LogP contribution >= 0.6 is 0 Å². The first-order valence-corrected chi connectivity index (χ1v) is 9.22. The van der Waals surface area contributed by atoms with Crippen LogP contribution in [-0.4, -0.2) is 26.6 Å². The molecule has 0 aliphatic rings. The van der Waals surface area contributed by atoms with E-state index in [0.717, 1.165) is 23.4 Å². The maximum Gasteiger partial charge on any atom is 0.258 e. The molecule has 0 bridgehead atoms. The molecule has 0 heterocycles. The van der Waals surface area contributed by atoms with Crippen LogP contribution in [0, 0.1) is 6.92 Å². The Kier molecular flexibility index (Phi) is 7.22. The molecular weight excluding hydrogens is 324 g/mol. The van der Waals surface area contributed by atoms with Crippen LogP contribution in [0.4, 0.5) is 0 Å². The van der Waals surface area contributed by atoms with Crippen molar-refractivity contribution in [3.8, 4) is 5.75 Å². The van der Waals surface area contributed by atoms with Crippen LogP contribution in [0.3, 0.4) is 0 Å². The number of ether oxygens (including phenoxy) is 1. The van der Waals surface area contributed by atoms with Gasteiger partial charge in [0.15, 0.2) is 6.61 Å². The summed E-state index contributed by atoms with van der Waals surface area (Å²) < 4.78 is 5.76. The van der Waals surface area contributed by atoms with Gasteiger partial charge >= 0.3 is 0 Å². The molecular formula is C22H31N2O2+. The molecule has 0 aromatic heterocycles. The highest BCUT2D eigenvalue weighted by atomic mass is 16.5. The average Bonchev–Trinajstić information content (AvgIpc) is 2.59. The molecule has 0 aliphatic heterocycles. The van der Waals surface area contributed by atoms with E-state index in [1.54, 1.807) is 0 Å². The van der Waals surface area contributed by atoms with Gasteiger partial charge in [0.1, 0.15) is 12.3 Å². The number of amides is 1. The molecule has 0 atom stereocenters. The van der Waals surface area contributed by atoms with Crippen molar-refractivity contribution in [3.05, 3.63) is 64.7 Å². The summed E-state index contributed by atoms with van der Waals surface area (Å²) in [4.78, 5) is 13.6. The lowest BCUT2D eigenvalue weighted by molar-refractivity contribution is -0.872. The first-order valence-electron chi connectivity index (χ1n) is 9.22. The molecule has 0 fully saturated rings. The zero-order chi connectivity index (χ0) is 19.1. The van der Waals surface area contributed by atoms with E-state index in [0.29, 0.717) is 12.5 Å². The molecule has 1 amide bonds. The van der Waals surface area contributed by atoms with Crippen molar-refractivity contribution in [2.45, 2.75) is 39.8 Å². The molecule has 0 spiro atoms. The Hall–Kier alpha value is -2.33. The van der Waals surface area contributed by atoms with E-state index in [9.17, 15) is 4.79 Å². The average molecular weight is 356 g/mol. The van der Waals surface area contributed by atoms with E-state index < -0.39 is 0 Å². The van der Waals surface area contributed by atoms with Crippen molar-refractivity contribution >= 4 is 5.91 Å². The highest BCUT2D eigenvalue weighted by molar-refractivity contribution is 5.77. The van der Waals surface area contributed by atoms with Crippen LogP contribution in [0.1, 0.15) is 42.0 Å². The van der Waals surface area contributed by atoms with E-state index in [4.69, 9.17) is 4.74 Å². The molecule has 140 valence electrons. The van der Waals surface area contributed by atoms with Crippen LogP contribution in [0.15, 0.2) is 42.5 Å². The zero-order valence-corrected chi connectivity index (χ0v) is 16.6. The largest absolute Gasteiger partial charge is 0.483 e. The Morgan fingerprint density at radius 2 is 1.81 bits per heavy atom. The molecule has 2 aromatic carbocycles. The number of hydrogen-bond acceptors (Lipinski definition) is 2. The molecule has 0 unspecified atom stereocenters. The molecule has 4 heteroatoms. The fourth-order valence-corrected chi connectivity index (χ4v) is 2.80. The maximum absolute atomic E-state index is 12.2. The highest BCUT2D eigenvalue weighted by Gasteiger charge is 2.10. The first-order chi connectivity index (χ1) is 12.4. The van der Waals surface area contributed by atoms with Crippen molar-refractivity contribution in [1.82, 2.24) is 5.32 Å². The molecule has 0 radical (unpaired) electrons. The van der Waals surface area contributed by atoms with Crippen molar-refractivity contribution < 1.29 is 14.4 Å². The minimum Gasteiger partial charge on any atom is -0.483 e. The van der Waals surface area contributed by atoms with Crippen molar-refractivity contribution in [2.75, 3.05) is 20.7 Å². The number of rotatable bonds is 8. The second kappa shape index (κ2) is 9.39. The molecule has 2 N–H and O–H groups in total. The lowest BCUT2D eigenvalue weighted by Crippen LogP contribution is -3.04. The SMILES string of the molecule is Cc1ccc(C(C)C)cc1OCC(=O)NCc1ccccc1C[NH+](C)C. The summed E-state index contributed by atoms with van der Waals surface area (Å²) in [5.74, 6) is 1.11. The number of aryl methyl sites for hydroxylation is 1. The van der Waals surface area contributed by atoms with Gasteiger partial charge in [-0.15, -0.1) is 0 Å². The predicted octanol–water partition coefficient (Wildman–Crippen LogP) is 2.46. The third-order valence-electron chi connectivity index (χ3n) is 4.38. The minimum atomic E-state index is -0.105. The van der Waals surface area contributed by atoms with E-state index in [1.807, 2.05) is 31.2 Å². The van der Waals surface area contributed by atoms with Crippen molar-refractivity contribution in [2.24, 2.45) is 0 Å². The quantitative estimate of drug-likeness (QED) is 0.764. The number of carbonyl (C=O) groups excluding carboxylic acids is 1. The number of benzene rings is 2. The van der Waals surface area contributed by atoms with E-state index in [1.165, 1.54) is 16.0 Å². The Labute approximate surface area is 157 Å². The summed E-state index contributed by atoms with van der Waals surface area (Å²) in [7, 11) is 4.24. The van der Waals surface area contributed by atoms with E-state index in [-0.39, 0.29) is 12.5 Å². The summed E-state index contributed by atoms with van der Waals surface area (Å²) in [6.45, 7) is 7.78. The van der Waals surface area contributed by atoms with Gasteiger partial charge < -0.3 is 15.0 Å². The fourth-order valence-electron chi connectivity index (χ4n) is 2.80. The van der Waals surface area contributed by atoms with Gasteiger partial charge in [0.2, 0.25) is 0 Å². The smallest absolute Gasteiger partial charge is 0.258 e. The van der Waals surface area contributed by atoms with Gasteiger partial charge in [0.25, 0.3) is 5.91 Å². The topological polar surface area (TPSA) is 42.8 Å². The van der Waals surface area contributed by atoms with Gasteiger partial charge in [-0.25, -0.2) is 0 Å². The zero-order valence-electron chi connectivity index (χ0n) is 16.6. The molecule has 26 heavy (non-hydrogen) atoms. The van der Waals surface area contributed by atoms with Crippen LogP contribution in [0.2, 0.25) is 0 Å². The van der Waals surface area contributed by atoms with Crippen LogP contribution in [0.25, 0.3) is 0 Å². The first kappa shape index (κ1) is 20.0. The number of carbonyl (C=O) groups is 1. The minimum absolute atomic E-state index is 0.0312. The molecule has 2 rings (SSSR count). The predicted molar refractivity (Wildman–Crippen MR) is 106 cm³/mol. The highest BCUT2D eigenvalue weighted by Crippen LogP contribution is 2.24. The Balaban J connectivity index is 1.91. The van der Waals surface area contributed by atoms with Crippen LogP contribution in [0.5, 0.6) is 5.75 Å². The van der Waals surface area contributed by atoms with Gasteiger partial charge in [-0.3, -0.25) is 4.79 Å². The summed E-state index contributed by atoms with van der Waals surface area (Å²) in [6.07, 6.45) is 0. The Bertz CT molecular complexity index is 739. The standard InChI is InChI=1S/C22H30N2O2/c1-16(2)18-11-10-17(3)21(12-18)26-15-22(25)23-13-19-8-6-7-9-20(19)14-24(4)5/h6-12,16H,13-15H2,1-5H3,(H,23,25)/p+1. The summed E-state index contributed by atoms with van der Waals surface area (Å²) in [5.41, 5.74) is 4.67. The fraction of sp³-hybridized carbons (Fsp3) is 0.409. The number of hydrogen-bond donors (Lipinski definition) is 2. The molecule has 0 saturated heterocycles. The van der Waals surface area contributed by atoms with Gasteiger partial charge in [-0.2, -0.15) is 0 Å². The normalized spacial score (nSPS) is 11.0. The second-order valence-corrected chi connectivity index (χ2v) is 7.40. The van der Waals surface area contributed by atoms with Gasteiger partial charge in [0.05, 0.1) is 14.1 Å². The number of quaternary nitrogens is 1. The van der Waals surface area contributed by atoms with Gasteiger partial charge in [-0.05, 0) is 35.6 Å². The second-order valence-electron chi connectivity index (χ2n) is 7.40. The van der Waals surface area contributed by atoms with E-state index >= 15 is 0 Å². The molecule has 0 saturated carbocycles. The molecule has 0 aliphatic carbocycles.